The summed E-state index contributed by atoms with van der Waals surface area (Å²) in [5, 5.41) is 16.7. The van der Waals surface area contributed by atoms with E-state index in [0.717, 1.165) is 10.7 Å². The molecular weight excluding hydrogens is 374 g/mol. The number of amides is 1. The molecule has 0 aliphatic rings. The second-order valence-corrected chi connectivity index (χ2v) is 6.98. The molecule has 1 amide bonds. The molecule has 1 N–H and O–H groups in total. The van der Waals surface area contributed by atoms with Crippen molar-refractivity contribution in [1.29, 1.82) is 0 Å². The summed E-state index contributed by atoms with van der Waals surface area (Å²) in [5.41, 5.74) is 1.64. The van der Waals surface area contributed by atoms with Crippen molar-refractivity contribution in [2.75, 3.05) is 5.32 Å². The van der Waals surface area contributed by atoms with Crippen LogP contribution in [0.3, 0.4) is 0 Å². The van der Waals surface area contributed by atoms with Gasteiger partial charge in [0.05, 0.1) is 12.0 Å². The summed E-state index contributed by atoms with van der Waals surface area (Å²) in [5.74, 6) is 0.222. The quantitative estimate of drug-likeness (QED) is 0.569. The molecule has 0 bridgehead atoms. The fraction of sp³-hybridized carbons (Fsp3) is 0.0588. The molecule has 7 nitrogen and oxygen atoms in total. The third-order valence-electron chi connectivity index (χ3n) is 3.53. The first-order chi connectivity index (χ1) is 12.6. The number of hydrogen-bond acceptors (Lipinski definition) is 6. The van der Waals surface area contributed by atoms with E-state index in [1.807, 2.05) is 19.1 Å². The number of carbonyl (C=O) groups is 1. The highest BCUT2D eigenvalue weighted by molar-refractivity contribution is 7.15. The van der Waals surface area contributed by atoms with Gasteiger partial charge in [0.25, 0.3) is 5.91 Å². The molecule has 130 valence electrons. The van der Waals surface area contributed by atoms with Crippen molar-refractivity contribution in [3.05, 3.63) is 64.5 Å². The van der Waals surface area contributed by atoms with Gasteiger partial charge >= 0.3 is 0 Å². The van der Waals surface area contributed by atoms with E-state index < -0.39 is 0 Å². The Bertz CT molecular complexity index is 1050. The van der Waals surface area contributed by atoms with Gasteiger partial charge in [0.1, 0.15) is 10.7 Å². The molecule has 4 aromatic rings. The van der Waals surface area contributed by atoms with Gasteiger partial charge in [-0.05, 0) is 43.3 Å². The van der Waals surface area contributed by atoms with Crippen molar-refractivity contribution >= 4 is 34.0 Å². The summed E-state index contributed by atoms with van der Waals surface area (Å²) < 4.78 is 7.12. The van der Waals surface area contributed by atoms with E-state index >= 15 is 0 Å². The molecule has 0 saturated heterocycles. The molecule has 0 saturated carbocycles. The van der Waals surface area contributed by atoms with Gasteiger partial charge < -0.3 is 4.42 Å². The van der Waals surface area contributed by atoms with Crippen LogP contribution in [0.15, 0.2) is 53.1 Å². The van der Waals surface area contributed by atoms with Crippen molar-refractivity contribution in [1.82, 2.24) is 20.0 Å². The van der Waals surface area contributed by atoms with Gasteiger partial charge in [-0.15, -0.1) is 10.2 Å². The zero-order valence-electron chi connectivity index (χ0n) is 13.5. The summed E-state index contributed by atoms with van der Waals surface area (Å²) in [7, 11) is 0. The first-order valence-electron chi connectivity index (χ1n) is 7.61. The van der Waals surface area contributed by atoms with Crippen LogP contribution < -0.4 is 5.32 Å². The summed E-state index contributed by atoms with van der Waals surface area (Å²) in [6, 6.07) is 12.4. The zero-order chi connectivity index (χ0) is 18.1. The summed E-state index contributed by atoms with van der Waals surface area (Å²) in [6.45, 7) is 1.82. The molecule has 0 fully saturated rings. The van der Waals surface area contributed by atoms with Crippen LogP contribution in [0.2, 0.25) is 5.02 Å². The Balaban J connectivity index is 1.73. The molecule has 9 heteroatoms. The number of nitrogens with zero attached hydrogens (tertiary/aromatic N) is 4. The van der Waals surface area contributed by atoms with E-state index in [2.05, 4.69) is 20.6 Å². The minimum atomic E-state index is -0.373. The highest BCUT2D eigenvalue weighted by Crippen LogP contribution is 2.26. The van der Waals surface area contributed by atoms with E-state index in [9.17, 15) is 4.79 Å². The van der Waals surface area contributed by atoms with E-state index in [0.29, 0.717) is 21.6 Å². The van der Waals surface area contributed by atoms with Crippen LogP contribution in [0.1, 0.15) is 15.5 Å². The number of halogens is 1. The number of hydrogen-bond donors (Lipinski definition) is 1. The largest absolute Gasteiger partial charge is 0.463 e. The number of benzene rings is 1. The minimum Gasteiger partial charge on any atom is -0.463 e. The minimum absolute atomic E-state index is 0.235. The third kappa shape index (κ3) is 3.24. The third-order valence-corrected chi connectivity index (χ3v) is 4.54. The maximum absolute atomic E-state index is 12.5. The van der Waals surface area contributed by atoms with Crippen LogP contribution in [0.4, 0.5) is 5.13 Å². The van der Waals surface area contributed by atoms with Crippen LogP contribution in [0, 0.1) is 6.92 Å². The normalized spacial score (nSPS) is 10.8. The molecule has 0 aliphatic carbocycles. The van der Waals surface area contributed by atoms with E-state index in [1.54, 1.807) is 41.3 Å². The fourth-order valence-electron chi connectivity index (χ4n) is 2.38. The topological polar surface area (TPSA) is 85.8 Å². The van der Waals surface area contributed by atoms with E-state index in [4.69, 9.17) is 16.0 Å². The van der Waals surface area contributed by atoms with E-state index in [1.165, 1.54) is 11.3 Å². The first-order valence-corrected chi connectivity index (χ1v) is 8.81. The SMILES string of the molecule is Cc1nnc(NC(=O)c2cc(-c3ccco3)n(-c3ccc(Cl)cc3)n2)s1. The van der Waals surface area contributed by atoms with Gasteiger partial charge in [-0.25, -0.2) is 4.68 Å². The van der Waals surface area contributed by atoms with Crippen LogP contribution in [0.25, 0.3) is 17.1 Å². The molecule has 0 atom stereocenters. The smallest absolute Gasteiger partial charge is 0.278 e. The average Bonchev–Trinajstić information content (AvgIpc) is 3.35. The number of nitrogens with one attached hydrogen (secondary N) is 1. The molecule has 4 rings (SSSR count). The highest BCUT2D eigenvalue weighted by atomic mass is 35.5. The molecule has 3 heterocycles. The Morgan fingerprint density at radius 1 is 1.23 bits per heavy atom. The lowest BCUT2D eigenvalue weighted by molar-refractivity contribution is 0.102. The van der Waals surface area contributed by atoms with Crippen molar-refractivity contribution in [3.8, 4) is 17.1 Å². The van der Waals surface area contributed by atoms with Crippen LogP contribution in [0.5, 0.6) is 0 Å². The Labute approximate surface area is 157 Å². The van der Waals surface area contributed by atoms with Crippen molar-refractivity contribution in [2.45, 2.75) is 6.92 Å². The van der Waals surface area contributed by atoms with Gasteiger partial charge in [-0.2, -0.15) is 5.10 Å². The van der Waals surface area contributed by atoms with Crippen molar-refractivity contribution in [3.63, 3.8) is 0 Å². The summed E-state index contributed by atoms with van der Waals surface area (Å²) >= 11 is 7.26. The predicted molar refractivity (Wildman–Crippen MR) is 98.9 cm³/mol. The number of aromatic nitrogens is 4. The van der Waals surface area contributed by atoms with Crippen LogP contribution in [-0.4, -0.2) is 25.9 Å². The number of anilines is 1. The lowest BCUT2D eigenvalue weighted by Crippen LogP contribution is -2.13. The van der Waals surface area contributed by atoms with Crippen molar-refractivity contribution in [2.24, 2.45) is 0 Å². The van der Waals surface area contributed by atoms with Crippen molar-refractivity contribution < 1.29 is 9.21 Å². The number of furan rings is 1. The highest BCUT2D eigenvalue weighted by Gasteiger charge is 2.19. The second-order valence-electron chi connectivity index (χ2n) is 5.36. The Kier molecular flexibility index (Phi) is 4.27. The Morgan fingerprint density at radius 3 is 2.69 bits per heavy atom. The Morgan fingerprint density at radius 2 is 2.04 bits per heavy atom. The zero-order valence-corrected chi connectivity index (χ0v) is 15.1. The van der Waals surface area contributed by atoms with Crippen LogP contribution in [-0.2, 0) is 0 Å². The lowest BCUT2D eigenvalue weighted by Gasteiger charge is -2.05. The van der Waals surface area contributed by atoms with Gasteiger partial charge in [0, 0.05) is 11.1 Å². The molecule has 3 aromatic heterocycles. The molecule has 0 aliphatic heterocycles. The second kappa shape index (κ2) is 6.74. The summed E-state index contributed by atoms with van der Waals surface area (Å²) in [6.07, 6.45) is 1.57. The van der Waals surface area contributed by atoms with E-state index in [-0.39, 0.29) is 11.6 Å². The molecular formula is C17H12ClN5O2S. The first kappa shape index (κ1) is 16.5. The molecule has 0 radical (unpaired) electrons. The van der Waals surface area contributed by atoms with Gasteiger partial charge in [0.15, 0.2) is 11.5 Å². The molecule has 26 heavy (non-hydrogen) atoms. The molecule has 0 unspecified atom stereocenters. The van der Waals surface area contributed by atoms with Gasteiger partial charge in [0.2, 0.25) is 5.13 Å². The predicted octanol–water partition coefficient (Wildman–Crippen LogP) is 4.20. The Hall–Kier alpha value is -2.97. The molecule has 1 aromatic carbocycles. The van der Waals surface area contributed by atoms with Crippen LogP contribution >= 0.6 is 22.9 Å². The van der Waals surface area contributed by atoms with Gasteiger partial charge in [-0.3, -0.25) is 10.1 Å². The monoisotopic (exact) mass is 385 g/mol. The average molecular weight is 386 g/mol. The number of aryl methyl sites for hydroxylation is 1. The number of rotatable bonds is 4. The number of carbonyl (C=O) groups excluding carboxylic acids is 1. The fourth-order valence-corrected chi connectivity index (χ4v) is 3.09. The molecule has 0 spiro atoms. The standard InChI is InChI=1S/C17H12ClN5O2S/c1-10-20-21-17(26-10)19-16(24)13-9-14(15-3-2-8-25-15)23(22-13)12-6-4-11(18)5-7-12/h2-9H,1H3,(H,19,21,24). The lowest BCUT2D eigenvalue weighted by atomic mass is 10.2. The van der Waals surface area contributed by atoms with Gasteiger partial charge in [-0.1, -0.05) is 22.9 Å². The maximum Gasteiger partial charge on any atom is 0.278 e. The summed E-state index contributed by atoms with van der Waals surface area (Å²) in [4.78, 5) is 12.5. The maximum atomic E-state index is 12.5.